The van der Waals surface area contributed by atoms with E-state index in [9.17, 15) is 15.3 Å². The summed E-state index contributed by atoms with van der Waals surface area (Å²) in [5, 5.41) is 31.1. The molecule has 0 saturated carbocycles. The first kappa shape index (κ1) is 16.3. The lowest BCUT2D eigenvalue weighted by Crippen LogP contribution is -2.55. The zero-order valence-electron chi connectivity index (χ0n) is 13.7. The molecule has 2 aliphatic rings. The minimum absolute atomic E-state index is 0.0631. The fourth-order valence-electron chi connectivity index (χ4n) is 3.68. The van der Waals surface area contributed by atoms with Crippen LogP contribution in [-0.2, 0) is 4.74 Å². The highest BCUT2D eigenvalue weighted by molar-refractivity contribution is 5.42. The maximum absolute atomic E-state index is 10.9. The number of ether oxygens (including phenoxy) is 2. The van der Waals surface area contributed by atoms with Gasteiger partial charge >= 0.3 is 0 Å². The lowest BCUT2D eigenvalue weighted by atomic mass is 9.70. The van der Waals surface area contributed by atoms with Crippen LogP contribution in [0.3, 0.4) is 0 Å². The monoisotopic (exact) mass is 320 g/mol. The van der Waals surface area contributed by atoms with Gasteiger partial charge < -0.3 is 24.8 Å². The topological polar surface area (TPSA) is 79.2 Å². The number of methoxy groups -OCH3 is 1. The maximum Gasteiger partial charge on any atom is 0.160 e. The molecule has 1 aromatic rings. The number of fused-ring (bicyclic) bond motifs is 1. The summed E-state index contributed by atoms with van der Waals surface area (Å²) in [7, 11) is 1.49. The van der Waals surface area contributed by atoms with E-state index < -0.39 is 17.8 Å². The summed E-state index contributed by atoms with van der Waals surface area (Å²) in [6.07, 6.45) is 1.61. The molecule has 0 aromatic heterocycles. The summed E-state index contributed by atoms with van der Waals surface area (Å²) >= 11 is 0. The Morgan fingerprint density at radius 3 is 2.78 bits per heavy atom. The van der Waals surface area contributed by atoms with Crippen molar-refractivity contribution in [1.29, 1.82) is 0 Å². The predicted octanol–water partition coefficient (Wildman–Crippen LogP) is 2.31. The molecule has 0 spiro atoms. The number of allylic oxidation sites excluding steroid dienone is 1. The summed E-state index contributed by atoms with van der Waals surface area (Å²) in [4.78, 5) is 0. The van der Waals surface area contributed by atoms with Crippen LogP contribution in [0.25, 0.3) is 0 Å². The van der Waals surface area contributed by atoms with Crippen LogP contribution in [0.15, 0.2) is 29.8 Å². The van der Waals surface area contributed by atoms with Crippen LogP contribution in [0.5, 0.6) is 11.5 Å². The fourth-order valence-corrected chi connectivity index (χ4v) is 3.68. The normalized spacial score (nSPS) is 37.0. The standard InChI is InChI=1S/C18H24O5/c1-10-4-6-12-17(16(10)20)23-15(9-18(12,2)21)11-5-7-13(19)14(8-11)22-3/h4-5,7-8,12,15-17,19-21H,6,9H2,1-3H3/t12-,15?,16-,17-,18?/m0/s1. The zero-order chi connectivity index (χ0) is 16.8. The Hall–Kier alpha value is -1.56. The third-order valence-corrected chi connectivity index (χ3v) is 5.16. The minimum atomic E-state index is -0.934. The number of phenolic OH excluding ortho intramolecular Hbond substituents is 1. The molecule has 1 aliphatic heterocycles. The van der Waals surface area contributed by atoms with Crippen LogP contribution < -0.4 is 4.74 Å². The Morgan fingerprint density at radius 2 is 2.09 bits per heavy atom. The van der Waals surface area contributed by atoms with Crippen LogP contribution >= 0.6 is 0 Å². The number of phenols is 1. The van der Waals surface area contributed by atoms with Gasteiger partial charge in [-0.25, -0.2) is 0 Å². The molecule has 1 saturated heterocycles. The molecule has 5 heteroatoms. The van der Waals surface area contributed by atoms with Gasteiger partial charge in [0.25, 0.3) is 0 Å². The lowest BCUT2D eigenvalue weighted by Gasteiger charge is -2.49. The van der Waals surface area contributed by atoms with E-state index in [0.29, 0.717) is 18.6 Å². The van der Waals surface area contributed by atoms with Gasteiger partial charge in [0, 0.05) is 12.3 Å². The molecule has 3 rings (SSSR count). The third kappa shape index (κ3) is 2.84. The Labute approximate surface area is 136 Å². The van der Waals surface area contributed by atoms with Gasteiger partial charge in [0.1, 0.15) is 6.10 Å². The van der Waals surface area contributed by atoms with Gasteiger partial charge in [-0.05, 0) is 43.5 Å². The van der Waals surface area contributed by atoms with Crippen molar-refractivity contribution >= 4 is 0 Å². The van der Waals surface area contributed by atoms with Gasteiger partial charge in [-0.15, -0.1) is 0 Å². The van der Waals surface area contributed by atoms with E-state index >= 15 is 0 Å². The van der Waals surface area contributed by atoms with Gasteiger partial charge in [0.05, 0.1) is 24.9 Å². The van der Waals surface area contributed by atoms with Crippen molar-refractivity contribution in [3.05, 3.63) is 35.4 Å². The Balaban J connectivity index is 1.92. The van der Waals surface area contributed by atoms with Crippen LogP contribution in [0.2, 0.25) is 0 Å². The second-order valence-corrected chi connectivity index (χ2v) is 6.82. The van der Waals surface area contributed by atoms with Crippen molar-refractivity contribution in [1.82, 2.24) is 0 Å². The highest BCUT2D eigenvalue weighted by atomic mass is 16.5. The molecule has 2 unspecified atom stereocenters. The third-order valence-electron chi connectivity index (χ3n) is 5.16. The van der Waals surface area contributed by atoms with Crippen molar-refractivity contribution in [2.24, 2.45) is 5.92 Å². The van der Waals surface area contributed by atoms with E-state index in [2.05, 4.69) is 0 Å². The number of hydrogen-bond acceptors (Lipinski definition) is 5. The molecule has 126 valence electrons. The first-order chi connectivity index (χ1) is 10.8. The smallest absolute Gasteiger partial charge is 0.160 e. The molecular formula is C18H24O5. The van der Waals surface area contributed by atoms with Crippen LogP contribution in [-0.4, -0.2) is 40.2 Å². The molecule has 1 fully saturated rings. The van der Waals surface area contributed by atoms with Gasteiger partial charge in [-0.2, -0.15) is 0 Å². The minimum Gasteiger partial charge on any atom is -0.504 e. The summed E-state index contributed by atoms with van der Waals surface area (Å²) in [6, 6.07) is 5.03. The quantitative estimate of drug-likeness (QED) is 0.729. The van der Waals surface area contributed by atoms with Gasteiger partial charge in [0.15, 0.2) is 11.5 Å². The van der Waals surface area contributed by atoms with Crippen LogP contribution in [0, 0.1) is 5.92 Å². The van der Waals surface area contributed by atoms with E-state index in [1.54, 1.807) is 25.1 Å². The number of aliphatic hydroxyl groups excluding tert-OH is 1. The summed E-state index contributed by atoms with van der Waals surface area (Å²) < 4.78 is 11.3. The molecule has 1 aliphatic carbocycles. The largest absolute Gasteiger partial charge is 0.504 e. The van der Waals surface area contributed by atoms with E-state index in [1.807, 2.05) is 13.0 Å². The fraction of sp³-hybridized carbons (Fsp3) is 0.556. The first-order valence-corrected chi connectivity index (χ1v) is 7.93. The Morgan fingerprint density at radius 1 is 1.35 bits per heavy atom. The highest BCUT2D eigenvalue weighted by Crippen LogP contribution is 2.47. The molecule has 0 bridgehead atoms. The average molecular weight is 320 g/mol. The average Bonchev–Trinajstić information content (AvgIpc) is 2.51. The molecule has 1 heterocycles. The lowest BCUT2D eigenvalue weighted by molar-refractivity contribution is -0.206. The SMILES string of the molecule is COc1cc(C2CC(C)(O)[C@H]3CC=C(C)[C@H](O)[C@H]3O2)ccc1O. The number of aliphatic hydroxyl groups is 2. The maximum atomic E-state index is 10.9. The van der Waals surface area contributed by atoms with E-state index in [0.717, 1.165) is 11.1 Å². The molecule has 1 aromatic carbocycles. The predicted molar refractivity (Wildman–Crippen MR) is 85.4 cm³/mol. The van der Waals surface area contributed by atoms with Crippen molar-refractivity contribution in [3.63, 3.8) is 0 Å². The second-order valence-electron chi connectivity index (χ2n) is 6.82. The number of hydrogen-bond donors (Lipinski definition) is 3. The van der Waals surface area contributed by atoms with E-state index in [-0.39, 0.29) is 17.8 Å². The van der Waals surface area contributed by atoms with E-state index in [1.165, 1.54) is 7.11 Å². The van der Waals surface area contributed by atoms with Gasteiger partial charge in [-0.1, -0.05) is 12.1 Å². The molecule has 0 radical (unpaired) electrons. The Bertz CT molecular complexity index is 622. The summed E-state index contributed by atoms with van der Waals surface area (Å²) in [5.74, 6) is 0.303. The first-order valence-electron chi connectivity index (χ1n) is 7.93. The van der Waals surface area contributed by atoms with Gasteiger partial charge in [0.2, 0.25) is 0 Å². The van der Waals surface area contributed by atoms with Crippen LogP contribution in [0.4, 0.5) is 0 Å². The van der Waals surface area contributed by atoms with Gasteiger partial charge in [-0.3, -0.25) is 0 Å². The van der Waals surface area contributed by atoms with Crippen molar-refractivity contribution < 1.29 is 24.8 Å². The number of rotatable bonds is 2. The van der Waals surface area contributed by atoms with E-state index in [4.69, 9.17) is 9.47 Å². The summed E-state index contributed by atoms with van der Waals surface area (Å²) in [5.41, 5.74) is 0.764. The molecular weight excluding hydrogens is 296 g/mol. The highest BCUT2D eigenvalue weighted by Gasteiger charge is 2.49. The number of benzene rings is 1. The van der Waals surface area contributed by atoms with Crippen molar-refractivity contribution in [3.8, 4) is 11.5 Å². The second kappa shape index (κ2) is 5.82. The molecule has 23 heavy (non-hydrogen) atoms. The van der Waals surface area contributed by atoms with Crippen molar-refractivity contribution in [2.75, 3.05) is 7.11 Å². The molecule has 3 N–H and O–H groups in total. The molecule has 5 atom stereocenters. The van der Waals surface area contributed by atoms with Crippen molar-refractivity contribution in [2.45, 2.75) is 50.6 Å². The zero-order valence-corrected chi connectivity index (χ0v) is 13.7. The molecule has 5 nitrogen and oxygen atoms in total. The van der Waals surface area contributed by atoms with Crippen LogP contribution in [0.1, 0.15) is 38.4 Å². The Kier molecular flexibility index (Phi) is 4.12. The number of aromatic hydroxyl groups is 1. The summed E-state index contributed by atoms with van der Waals surface area (Å²) in [6.45, 7) is 3.69. The molecule has 0 amide bonds.